The predicted octanol–water partition coefficient (Wildman–Crippen LogP) is 4.11. The maximum Gasteiger partial charge on any atom is 0.0759 e. The molecule has 106 valence electrons. The lowest BCUT2D eigenvalue weighted by molar-refractivity contribution is 1.26. The molecule has 0 aliphatic carbocycles. The summed E-state index contributed by atoms with van der Waals surface area (Å²) in [5, 5.41) is 1.10. The fraction of sp³-hybridized carbons (Fsp3) is 0.167. The first-order chi connectivity index (χ1) is 10.1. The van der Waals surface area contributed by atoms with Crippen molar-refractivity contribution in [1.82, 2.24) is 4.98 Å². The van der Waals surface area contributed by atoms with Gasteiger partial charge in [0, 0.05) is 16.5 Å². The molecule has 3 heteroatoms. The molecule has 0 bridgehead atoms. The Labute approximate surface area is 124 Å². The molecule has 0 aliphatic heterocycles. The molecular weight excluding hydrogens is 258 g/mol. The highest BCUT2D eigenvalue weighted by molar-refractivity contribution is 5.98. The highest BCUT2D eigenvalue weighted by Crippen LogP contribution is 2.34. The van der Waals surface area contributed by atoms with Crippen LogP contribution in [0.25, 0.3) is 22.2 Å². The van der Waals surface area contributed by atoms with E-state index >= 15 is 0 Å². The van der Waals surface area contributed by atoms with Gasteiger partial charge in [0.2, 0.25) is 0 Å². The first-order valence-corrected chi connectivity index (χ1v) is 7.05. The Kier molecular flexibility index (Phi) is 3.35. The number of rotatable bonds is 2. The van der Waals surface area contributed by atoms with Gasteiger partial charge in [0.1, 0.15) is 0 Å². The standard InChI is InChI=1S/C18H19N3/c1-11-9-12(2)16-15(10-11)20-17(13(3)18(16)21-19)14-7-5-4-6-8-14/h4-10H,19H2,1-3H3,(H,20,21). The largest absolute Gasteiger partial charge is 0.323 e. The van der Waals surface area contributed by atoms with E-state index in [9.17, 15) is 0 Å². The number of benzene rings is 2. The number of fused-ring (bicyclic) bond motifs is 1. The van der Waals surface area contributed by atoms with Crippen molar-refractivity contribution >= 4 is 16.6 Å². The second kappa shape index (κ2) is 5.19. The van der Waals surface area contributed by atoms with Crippen molar-refractivity contribution in [1.29, 1.82) is 0 Å². The van der Waals surface area contributed by atoms with E-state index in [1.807, 2.05) is 18.2 Å². The van der Waals surface area contributed by atoms with Crippen LogP contribution >= 0.6 is 0 Å². The molecule has 0 aliphatic rings. The zero-order valence-electron chi connectivity index (χ0n) is 12.6. The highest BCUT2D eigenvalue weighted by Gasteiger charge is 2.14. The van der Waals surface area contributed by atoms with Gasteiger partial charge in [-0.1, -0.05) is 36.4 Å². The van der Waals surface area contributed by atoms with Crippen molar-refractivity contribution in [3.63, 3.8) is 0 Å². The summed E-state index contributed by atoms with van der Waals surface area (Å²) in [5.74, 6) is 5.79. The minimum atomic E-state index is 0.955. The molecule has 1 aromatic heterocycles. The molecule has 0 unspecified atom stereocenters. The second-order valence-electron chi connectivity index (χ2n) is 5.45. The Morgan fingerprint density at radius 1 is 1.00 bits per heavy atom. The number of aromatic nitrogens is 1. The maximum absolute atomic E-state index is 5.79. The van der Waals surface area contributed by atoms with Gasteiger partial charge in [0.15, 0.2) is 0 Å². The van der Waals surface area contributed by atoms with Crippen molar-refractivity contribution in [2.24, 2.45) is 5.84 Å². The van der Waals surface area contributed by atoms with Gasteiger partial charge in [0.05, 0.1) is 16.9 Å². The molecule has 3 aromatic rings. The third-order valence-electron chi connectivity index (χ3n) is 3.86. The molecule has 0 spiro atoms. The third kappa shape index (κ3) is 2.26. The molecule has 3 rings (SSSR count). The van der Waals surface area contributed by atoms with Crippen molar-refractivity contribution in [2.75, 3.05) is 5.43 Å². The average Bonchev–Trinajstić information content (AvgIpc) is 2.48. The number of hydrogen-bond acceptors (Lipinski definition) is 3. The number of nitrogen functional groups attached to an aromatic ring is 1. The van der Waals surface area contributed by atoms with Crippen LogP contribution in [0, 0.1) is 20.8 Å². The normalized spacial score (nSPS) is 10.9. The average molecular weight is 277 g/mol. The Morgan fingerprint density at radius 2 is 1.71 bits per heavy atom. The lowest BCUT2D eigenvalue weighted by atomic mass is 9.98. The Hall–Kier alpha value is -2.39. The molecule has 0 saturated carbocycles. The van der Waals surface area contributed by atoms with Crippen LogP contribution in [0.3, 0.4) is 0 Å². The van der Waals surface area contributed by atoms with Crippen LogP contribution in [-0.2, 0) is 0 Å². The molecule has 0 atom stereocenters. The van der Waals surface area contributed by atoms with Gasteiger partial charge in [-0.25, -0.2) is 4.98 Å². The zero-order chi connectivity index (χ0) is 15.0. The second-order valence-corrected chi connectivity index (χ2v) is 5.45. The summed E-state index contributed by atoms with van der Waals surface area (Å²) >= 11 is 0. The molecule has 0 amide bonds. The van der Waals surface area contributed by atoms with Crippen LogP contribution in [0.2, 0.25) is 0 Å². The van der Waals surface area contributed by atoms with Gasteiger partial charge >= 0.3 is 0 Å². The van der Waals surface area contributed by atoms with Crippen LogP contribution < -0.4 is 11.3 Å². The third-order valence-corrected chi connectivity index (χ3v) is 3.86. The Morgan fingerprint density at radius 3 is 2.38 bits per heavy atom. The summed E-state index contributed by atoms with van der Waals surface area (Å²) in [4.78, 5) is 4.88. The number of nitrogens with zero attached hydrogens (tertiary/aromatic N) is 1. The van der Waals surface area contributed by atoms with E-state index in [0.717, 1.165) is 33.4 Å². The van der Waals surface area contributed by atoms with Crippen LogP contribution in [0.15, 0.2) is 42.5 Å². The SMILES string of the molecule is Cc1cc(C)c2c(NN)c(C)c(-c3ccccc3)nc2c1. The van der Waals surface area contributed by atoms with Crippen LogP contribution in [-0.4, -0.2) is 4.98 Å². The van der Waals surface area contributed by atoms with Crippen LogP contribution in [0.5, 0.6) is 0 Å². The Balaban J connectivity index is 2.41. The molecule has 2 aromatic carbocycles. The van der Waals surface area contributed by atoms with E-state index in [2.05, 4.69) is 50.5 Å². The van der Waals surface area contributed by atoms with E-state index in [-0.39, 0.29) is 0 Å². The van der Waals surface area contributed by atoms with Crippen molar-refractivity contribution in [3.8, 4) is 11.3 Å². The first kappa shape index (κ1) is 13.6. The van der Waals surface area contributed by atoms with E-state index in [4.69, 9.17) is 10.8 Å². The van der Waals surface area contributed by atoms with Gasteiger partial charge < -0.3 is 5.43 Å². The lowest BCUT2D eigenvalue weighted by Gasteiger charge is -2.16. The number of nitrogens with one attached hydrogen (secondary N) is 1. The smallest absolute Gasteiger partial charge is 0.0759 e. The minimum Gasteiger partial charge on any atom is -0.323 e. The minimum absolute atomic E-state index is 0.955. The summed E-state index contributed by atoms with van der Waals surface area (Å²) in [6, 6.07) is 14.5. The summed E-state index contributed by atoms with van der Waals surface area (Å²) in [6.45, 7) is 6.24. The molecule has 0 saturated heterocycles. The van der Waals surface area contributed by atoms with E-state index in [1.165, 1.54) is 11.1 Å². The topological polar surface area (TPSA) is 50.9 Å². The number of nitrogens with two attached hydrogens (primary N) is 1. The number of aryl methyl sites for hydroxylation is 2. The molecule has 3 N–H and O–H groups in total. The molecule has 0 radical (unpaired) electrons. The monoisotopic (exact) mass is 277 g/mol. The summed E-state index contributed by atoms with van der Waals surface area (Å²) < 4.78 is 0. The molecular formula is C18H19N3. The van der Waals surface area contributed by atoms with Crippen LogP contribution in [0.4, 0.5) is 5.69 Å². The first-order valence-electron chi connectivity index (χ1n) is 7.05. The van der Waals surface area contributed by atoms with Crippen molar-refractivity contribution in [2.45, 2.75) is 20.8 Å². The van der Waals surface area contributed by atoms with Crippen LogP contribution in [0.1, 0.15) is 16.7 Å². The summed E-state index contributed by atoms with van der Waals surface area (Å²) in [6.07, 6.45) is 0. The van der Waals surface area contributed by atoms with Gasteiger partial charge in [-0.05, 0) is 38.0 Å². The Bertz CT molecular complexity index is 808. The number of anilines is 1. The fourth-order valence-corrected chi connectivity index (χ4v) is 2.93. The van der Waals surface area contributed by atoms with Gasteiger partial charge in [-0.15, -0.1) is 0 Å². The van der Waals surface area contributed by atoms with E-state index < -0.39 is 0 Å². The van der Waals surface area contributed by atoms with Gasteiger partial charge in [0.25, 0.3) is 0 Å². The van der Waals surface area contributed by atoms with Gasteiger partial charge in [-0.3, -0.25) is 5.84 Å². The van der Waals surface area contributed by atoms with E-state index in [1.54, 1.807) is 0 Å². The quantitative estimate of drug-likeness (QED) is 0.547. The lowest BCUT2D eigenvalue weighted by Crippen LogP contribution is -2.11. The predicted molar refractivity (Wildman–Crippen MR) is 89.2 cm³/mol. The molecule has 21 heavy (non-hydrogen) atoms. The number of hydrogen-bond donors (Lipinski definition) is 2. The molecule has 1 heterocycles. The fourth-order valence-electron chi connectivity index (χ4n) is 2.93. The van der Waals surface area contributed by atoms with Crippen molar-refractivity contribution < 1.29 is 0 Å². The highest BCUT2D eigenvalue weighted by atomic mass is 15.2. The number of hydrazine groups is 1. The summed E-state index contributed by atoms with van der Waals surface area (Å²) in [5.41, 5.74) is 10.3. The zero-order valence-corrected chi connectivity index (χ0v) is 12.6. The molecule has 0 fully saturated rings. The van der Waals surface area contributed by atoms with E-state index in [0.29, 0.717) is 0 Å². The summed E-state index contributed by atoms with van der Waals surface area (Å²) in [7, 11) is 0. The molecule has 3 nitrogen and oxygen atoms in total. The number of pyridine rings is 1. The van der Waals surface area contributed by atoms with Gasteiger partial charge in [-0.2, -0.15) is 0 Å². The van der Waals surface area contributed by atoms with Crippen molar-refractivity contribution in [3.05, 3.63) is 59.2 Å². The maximum atomic E-state index is 5.79.